The molecule has 1 aliphatic rings. The molecule has 2 atom stereocenters. The van der Waals surface area contributed by atoms with Gasteiger partial charge in [0.25, 0.3) is 0 Å². The summed E-state index contributed by atoms with van der Waals surface area (Å²) >= 11 is 0. The molecule has 0 radical (unpaired) electrons. The molecule has 0 amide bonds. The van der Waals surface area contributed by atoms with Gasteiger partial charge < -0.3 is 25.0 Å². The Morgan fingerprint density at radius 1 is 1.40 bits per heavy atom. The molecular weight excluding hydrogens is 433 g/mol. The Bertz CT molecular complexity index is 360. The maximum absolute atomic E-state index is 5.51. The number of nitrogens with zero attached hydrogens (tertiary/aromatic N) is 3. The van der Waals surface area contributed by atoms with E-state index in [0.717, 1.165) is 64.9 Å². The third-order valence-electron chi connectivity index (χ3n) is 4.45. The molecule has 2 N–H and O–H groups in total. The number of likely N-dealkylation sites (N-methyl/N-ethyl adjacent to an activating group) is 1. The van der Waals surface area contributed by atoms with Crippen LogP contribution in [0.25, 0.3) is 0 Å². The Labute approximate surface area is 170 Å². The molecule has 0 spiro atoms. The second-order valence-corrected chi connectivity index (χ2v) is 6.54. The third kappa shape index (κ3) is 10.5. The number of nitrogens with one attached hydrogen (secondary N) is 2. The molecule has 0 aliphatic carbocycles. The highest BCUT2D eigenvalue weighted by atomic mass is 127. The van der Waals surface area contributed by atoms with E-state index >= 15 is 0 Å². The normalized spacial score (nSPS) is 20.2. The van der Waals surface area contributed by atoms with Crippen LogP contribution in [0.15, 0.2) is 4.99 Å². The third-order valence-corrected chi connectivity index (χ3v) is 4.45. The van der Waals surface area contributed by atoms with E-state index in [-0.39, 0.29) is 24.0 Å². The molecular formula is C17H38IN5O2. The average molecular weight is 471 g/mol. The first-order chi connectivity index (χ1) is 11.6. The monoisotopic (exact) mass is 471 g/mol. The molecule has 1 fully saturated rings. The van der Waals surface area contributed by atoms with Crippen LogP contribution in [0.3, 0.4) is 0 Å². The molecule has 0 saturated carbocycles. The SMILES string of the molecule is CN=C(NCCN(C)CCCOC)NCC(C)N1CCOCC1C.I. The van der Waals surface area contributed by atoms with E-state index in [2.05, 4.69) is 46.3 Å². The molecule has 1 aliphatic heterocycles. The van der Waals surface area contributed by atoms with Crippen LogP contribution in [0, 0.1) is 0 Å². The highest BCUT2D eigenvalue weighted by molar-refractivity contribution is 14.0. The van der Waals surface area contributed by atoms with Crippen molar-refractivity contribution in [2.75, 3.05) is 73.7 Å². The Morgan fingerprint density at radius 2 is 2.16 bits per heavy atom. The number of guanidine groups is 1. The smallest absolute Gasteiger partial charge is 0.191 e. The van der Waals surface area contributed by atoms with E-state index < -0.39 is 0 Å². The van der Waals surface area contributed by atoms with Crippen LogP contribution in [-0.4, -0.2) is 102 Å². The van der Waals surface area contributed by atoms with E-state index in [1.165, 1.54) is 0 Å². The fourth-order valence-corrected chi connectivity index (χ4v) is 2.93. The Kier molecular flexibility index (Phi) is 14.9. The van der Waals surface area contributed by atoms with Crippen molar-refractivity contribution in [2.45, 2.75) is 32.4 Å². The van der Waals surface area contributed by atoms with E-state index in [9.17, 15) is 0 Å². The number of rotatable bonds is 10. The van der Waals surface area contributed by atoms with Crippen LogP contribution in [0.2, 0.25) is 0 Å². The maximum Gasteiger partial charge on any atom is 0.191 e. The number of hydrogen-bond acceptors (Lipinski definition) is 5. The van der Waals surface area contributed by atoms with Gasteiger partial charge >= 0.3 is 0 Å². The number of halogens is 1. The number of aliphatic imine (C=N–C) groups is 1. The van der Waals surface area contributed by atoms with Gasteiger partial charge in [-0.15, -0.1) is 24.0 Å². The first-order valence-electron chi connectivity index (χ1n) is 9.04. The molecule has 1 rings (SSSR count). The average Bonchev–Trinajstić information content (AvgIpc) is 2.58. The minimum atomic E-state index is 0. The first-order valence-corrected chi connectivity index (χ1v) is 9.04. The number of morpholine rings is 1. The van der Waals surface area contributed by atoms with Crippen molar-refractivity contribution in [3.05, 3.63) is 0 Å². The molecule has 0 bridgehead atoms. The van der Waals surface area contributed by atoms with Crippen molar-refractivity contribution in [2.24, 2.45) is 4.99 Å². The minimum Gasteiger partial charge on any atom is -0.385 e. The van der Waals surface area contributed by atoms with Crippen molar-refractivity contribution >= 4 is 29.9 Å². The quantitative estimate of drug-likeness (QED) is 0.213. The summed E-state index contributed by atoms with van der Waals surface area (Å²) in [5, 5.41) is 6.81. The van der Waals surface area contributed by atoms with Gasteiger partial charge in [0, 0.05) is 65.6 Å². The van der Waals surface area contributed by atoms with E-state index in [4.69, 9.17) is 9.47 Å². The molecule has 7 nitrogen and oxygen atoms in total. The molecule has 1 heterocycles. The van der Waals surface area contributed by atoms with Crippen LogP contribution in [-0.2, 0) is 9.47 Å². The Balaban J connectivity index is 0.00000576. The molecule has 0 aromatic carbocycles. The zero-order valence-electron chi connectivity index (χ0n) is 16.6. The maximum atomic E-state index is 5.51. The molecule has 8 heteroatoms. The highest BCUT2D eigenvalue weighted by Crippen LogP contribution is 2.09. The minimum absolute atomic E-state index is 0. The summed E-state index contributed by atoms with van der Waals surface area (Å²) in [5.41, 5.74) is 0. The Morgan fingerprint density at radius 3 is 2.80 bits per heavy atom. The standard InChI is InChI=1S/C17H37N5O2.HI/c1-15(22-10-12-24-14-16(22)2)13-20-17(18-3)19-7-9-21(4)8-6-11-23-5;/h15-16H,6-14H2,1-5H3,(H2,18,19,20);1H. The zero-order chi connectivity index (χ0) is 17.8. The lowest BCUT2D eigenvalue weighted by Crippen LogP contribution is -2.53. The summed E-state index contributed by atoms with van der Waals surface area (Å²) in [6.45, 7) is 11.8. The molecule has 0 aromatic heterocycles. The van der Waals surface area contributed by atoms with Crippen LogP contribution in [0.5, 0.6) is 0 Å². The van der Waals surface area contributed by atoms with Gasteiger partial charge in [0.1, 0.15) is 0 Å². The molecule has 25 heavy (non-hydrogen) atoms. The summed E-state index contributed by atoms with van der Waals surface area (Å²) < 4.78 is 10.6. The predicted molar refractivity (Wildman–Crippen MR) is 115 cm³/mol. The van der Waals surface area contributed by atoms with Gasteiger partial charge in [0.15, 0.2) is 5.96 Å². The molecule has 2 unspecified atom stereocenters. The van der Waals surface area contributed by atoms with Gasteiger partial charge in [-0.05, 0) is 27.3 Å². The van der Waals surface area contributed by atoms with Crippen molar-refractivity contribution < 1.29 is 9.47 Å². The van der Waals surface area contributed by atoms with Gasteiger partial charge in [-0.2, -0.15) is 0 Å². The van der Waals surface area contributed by atoms with Crippen LogP contribution in [0.1, 0.15) is 20.3 Å². The second-order valence-electron chi connectivity index (χ2n) is 6.54. The van der Waals surface area contributed by atoms with Crippen molar-refractivity contribution in [3.8, 4) is 0 Å². The van der Waals surface area contributed by atoms with Crippen LogP contribution >= 0.6 is 24.0 Å². The lowest BCUT2D eigenvalue weighted by molar-refractivity contribution is -0.0174. The topological polar surface area (TPSA) is 61.4 Å². The highest BCUT2D eigenvalue weighted by Gasteiger charge is 2.23. The van der Waals surface area contributed by atoms with Gasteiger partial charge in [0.05, 0.1) is 13.2 Å². The lowest BCUT2D eigenvalue weighted by atomic mass is 10.2. The number of methoxy groups -OCH3 is 1. The first kappa shape index (κ1) is 24.8. The fraction of sp³-hybridized carbons (Fsp3) is 0.941. The van der Waals surface area contributed by atoms with Gasteiger partial charge in [-0.25, -0.2) is 0 Å². The molecule has 150 valence electrons. The van der Waals surface area contributed by atoms with E-state index in [0.29, 0.717) is 12.1 Å². The number of ether oxygens (including phenoxy) is 2. The number of hydrogen-bond donors (Lipinski definition) is 2. The summed E-state index contributed by atoms with van der Waals surface area (Å²) in [5.74, 6) is 0.869. The van der Waals surface area contributed by atoms with Crippen LogP contribution < -0.4 is 10.6 Å². The summed E-state index contributed by atoms with van der Waals surface area (Å²) in [6.07, 6.45) is 1.06. The fourth-order valence-electron chi connectivity index (χ4n) is 2.93. The molecule has 1 saturated heterocycles. The van der Waals surface area contributed by atoms with E-state index in [1.807, 2.05) is 7.05 Å². The van der Waals surface area contributed by atoms with Crippen molar-refractivity contribution in [1.82, 2.24) is 20.4 Å². The predicted octanol–water partition coefficient (Wildman–Crippen LogP) is 0.847. The van der Waals surface area contributed by atoms with Gasteiger partial charge in [-0.3, -0.25) is 9.89 Å². The summed E-state index contributed by atoms with van der Waals surface area (Å²) in [7, 11) is 5.70. The van der Waals surface area contributed by atoms with E-state index in [1.54, 1.807) is 7.11 Å². The Hall–Kier alpha value is -0.160. The largest absolute Gasteiger partial charge is 0.385 e. The zero-order valence-corrected chi connectivity index (χ0v) is 18.9. The summed E-state index contributed by atoms with van der Waals surface area (Å²) in [4.78, 5) is 9.11. The van der Waals surface area contributed by atoms with Gasteiger partial charge in [-0.1, -0.05) is 0 Å². The van der Waals surface area contributed by atoms with Gasteiger partial charge in [0.2, 0.25) is 0 Å². The molecule has 0 aromatic rings. The summed E-state index contributed by atoms with van der Waals surface area (Å²) in [6, 6.07) is 0.936. The van der Waals surface area contributed by atoms with Crippen molar-refractivity contribution in [1.29, 1.82) is 0 Å². The van der Waals surface area contributed by atoms with Crippen LogP contribution in [0.4, 0.5) is 0 Å². The van der Waals surface area contributed by atoms with Crippen molar-refractivity contribution in [3.63, 3.8) is 0 Å². The lowest BCUT2D eigenvalue weighted by Gasteiger charge is -2.38. The second kappa shape index (κ2) is 15.0.